The molecule has 1 aromatic carbocycles. The van der Waals surface area contributed by atoms with Gasteiger partial charge in [-0.1, -0.05) is 36.4 Å². The average molecular weight is 459 g/mol. The van der Waals surface area contributed by atoms with E-state index in [1.807, 2.05) is 19.2 Å². The third kappa shape index (κ3) is 12.0. The minimum Gasteiger partial charge on any atom is -0.381 e. The Bertz CT molecular complexity index is 465. The lowest BCUT2D eigenvalue weighted by Crippen LogP contribution is -2.39. The Kier molecular flexibility index (Phi) is 15.7. The van der Waals surface area contributed by atoms with Gasteiger partial charge < -0.3 is 15.0 Å². The van der Waals surface area contributed by atoms with Crippen molar-refractivity contribution >= 4 is 29.9 Å². The first-order valence-corrected chi connectivity index (χ1v) is 8.92. The molecule has 0 aliphatic heterocycles. The first-order chi connectivity index (χ1) is 11.8. The van der Waals surface area contributed by atoms with E-state index in [2.05, 4.69) is 53.1 Å². The molecule has 25 heavy (non-hydrogen) atoms. The molecule has 0 unspecified atom stereocenters. The molecule has 0 radical (unpaired) electrons. The van der Waals surface area contributed by atoms with Gasteiger partial charge in [0.2, 0.25) is 0 Å². The van der Waals surface area contributed by atoms with E-state index in [9.17, 15) is 0 Å². The molecule has 1 rings (SSSR count). The third-order valence-electron chi connectivity index (χ3n) is 3.85. The van der Waals surface area contributed by atoms with Crippen LogP contribution in [0.25, 0.3) is 0 Å². The number of nitrogens with zero attached hydrogens (tertiary/aromatic N) is 2. The largest absolute Gasteiger partial charge is 0.381 e. The summed E-state index contributed by atoms with van der Waals surface area (Å²) in [6, 6.07) is 10.5. The van der Waals surface area contributed by atoms with Gasteiger partial charge in [0.25, 0.3) is 0 Å². The quantitative estimate of drug-likeness (QED) is 0.168. The molecule has 1 aromatic rings. The number of rotatable bonds is 12. The first-order valence-electron chi connectivity index (χ1n) is 8.92. The molecule has 142 valence electrons. The van der Waals surface area contributed by atoms with E-state index in [4.69, 9.17) is 4.74 Å². The SMILES string of the molecule is C=CCCCN(C)C(=NC)NCCCCOCCc1ccccc1.I. The number of benzene rings is 1. The number of allylic oxidation sites excluding steroid dienone is 1. The van der Waals surface area contributed by atoms with Gasteiger partial charge in [0.15, 0.2) is 5.96 Å². The molecular formula is C20H34IN3O. The van der Waals surface area contributed by atoms with Gasteiger partial charge in [0, 0.05) is 33.8 Å². The van der Waals surface area contributed by atoms with Gasteiger partial charge in [0.1, 0.15) is 0 Å². The molecule has 0 bridgehead atoms. The second kappa shape index (κ2) is 16.4. The smallest absolute Gasteiger partial charge is 0.193 e. The fourth-order valence-electron chi connectivity index (χ4n) is 2.43. The van der Waals surface area contributed by atoms with Gasteiger partial charge in [0.05, 0.1) is 6.61 Å². The summed E-state index contributed by atoms with van der Waals surface area (Å²) in [4.78, 5) is 6.49. The molecule has 0 saturated heterocycles. The summed E-state index contributed by atoms with van der Waals surface area (Å²) < 4.78 is 5.71. The van der Waals surface area contributed by atoms with Crippen LogP contribution in [0.15, 0.2) is 48.0 Å². The van der Waals surface area contributed by atoms with Crippen molar-refractivity contribution in [2.75, 3.05) is 40.4 Å². The maximum Gasteiger partial charge on any atom is 0.193 e. The van der Waals surface area contributed by atoms with E-state index in [1.165, 1.54) is 5.56 Å². The summed E-state index contributed by atoms with van der Waals surface area (Å²) >= 11 is 0. The minimum atomic E-state index is 0. The summed E-state index contributed by atoms with van der Waals surface area (Å²) in [6.07, 6.45) is 7.25. The molecule has 0 heterocycles. The number of hydrogen-bond donors (Lipinski definition) is 1. The van der Waals surface area contributed by atoms with Crippen LogP contribution < -0.4 is 5.32 Å². The normalized spacial score (nSPS) is 10.9. The van der Waals surface area contributed by atoms with Crippen molar-refractivity contribution in [1.82, 2.24) is 10.2 Å². The summed E-state index contributed by atoms with van der Waals surface area (Å²) in [6.45, 7) is 7.30. The van der Waals surface area contributed by atoms with Crippen LogP contribution in [0.5, 0.6) is 0 Å². The van der Waals surface area contributed by atoms with Crippen molar-refractivity contribution in [3.8, 4) is 0 Å². The zero-order chi connectivity index (χ0) is 17.5. The average Bonchev–Trinajstić information content (AvgIpc) is 2.61. The van der Waals surface area contributed by atoms with Crippen LogP contribution in [0.1, 0.15) is 31.2 Å². The standard InChI is InChI=1S/C20H33N3O.HI/c1-4-5-10-16-23(3)20(21-2)22-15-9-11-17-24-18-14-19-12-7-6-8-13-19;/h4,6-8,12-13H,1,5,9-11,14-18H2,2-3H3,(H,21,22);1H. The highest BCUT2D eigenvalue weighted by Gasteiger charge is 2.03. The Balaban J connectivity index is 0.00000576. The number of unbranched alkanes of at least 4 members (excludes halogenated alkanes) is 2. The van der Waals surface area contributed by atoms with Crippen molar-refractivity contribution in [3.05, 3.63) is 48.6 Å². The van der Waals surface area contributed by atoms with Gasteiger partial charge in [-0.25, -0.2) is 0 Å². The molecule has 1 N–H and O–H groups in total. The Labute approximate surface area is 170 Å². The topological polar surface area (TPSA) is 36.9 Å². The molecule has 0 aromatic heterocycles. The van der Waals surface area contributed by atoms with Crippen molar-refractivity contribution in [1.29, 1.82) is 0 Å². The molecule has 0 amide bonds. The van der Waals surface area contributed by atoms with Crippen LogP contribution in [0.4, 0.5) is 0 Å². The Morgan fingerprint density at radius 1 is 1.20 bits per heavy atom. The maximum absolute atomic E-state index is 5.71. The summed E-state index contributed by atoms with van der Waals surface area (Å²) in [7, 11) is 3.91. The molecule has 0 atom stereocenters. The van der Waals surface area contributed by atoms with Gasteiger partial charge in [-0.3, -0.25) is 4.99 Å². The number of nitrogens with one attached hydrogen (secondary N) is 1. The zero-order valence-corrected chi connectivity index (χ0v) is 18.1. The fourth-order valence-corrected chi connectivity index (χ4v) is 2.43. The Morgan fingerprint density at radius 3 is 2.64 bits per heavy atom. The Morgan fingerprint density at radius 2 is 1.96 bits per heavy atom. The molecule has 0 saturated carbocycles. The number of ether oxygens (including phenoxy) is 1. The summed E-state index contributed by atoms with van der Waals surface area (Å²) in [5.74, 6) is 0.962. The molecule has 0 aliphatic rings. The number of halogens is 1. The second-order valence-electron chi connectivity index (χ2n) is 5.88. The molecule has 4 nitrogen and oxygen atoms in total. The predicted octanol–water partition coefficient (Wildman–Crippen LogP) is 4.12. The van der Waals surface area contributed by atoms with Crippen LogP contribution in [-0.4, -0.2) is 51.3 Å². The minimum absolute atomic E-state index is 0. The third-order valence-corrected chi connectivity index (χ3v) is 3.85. The highest BCUT2D eigenvalue weighted by Crippen LogP contribution is 2.00. The van der Waals surface area contributed by atoms with E-state index >= 15 is 0 Å². The first kappa shape index (κ1) is 23.9. The molecule has 5 heteroatoms. The van der Waals surface area contributed by atoms with E-state index in [1.54, 1.807) is 0 Å². The van der Waals surface area contributed by atoms with E-state index < -0.39 is 0 Å². The van der Waals surface area contributed by atoms with Gasteiger partial charge in [-0.2, -0.15) is 0 Å². The lowest BCUT2D eigenvalue weighted by atomic mass is 10.2. The lowest BCUT2D eigenvalue weighted by Gasteiger charge is -2.21. The van der Waals surface area contributed by atoms with Crippen molar-refractivity contribution in [3.63, 3.8) is 0 Å². The van der Waals surface area contributed by atoms with Gasteiger partial charge >= 0.3 is 0 Å². The van der Waals surface area contributed by atoms with Crippen LogP contribution in [-0.2, 0) is 11.2 Å². The van der Waals surface area contributed by atoms with E-state index in [-0.39, 0.29) is 24.0 Å². The van der Waals surface area contributed by atoms with E-state index in [0.29, 0.717) is 0 Å². The van der Waals surface area contributed by atoms with Crippen LogP contribution in [0.2, 0.25) is 0 Å². The Hall–Kier alpha value is -1.08. The van der Waals surface area contributed by atoms with Crippen LogP contribution in [0, 0.1) is 0 Å². The second-order valence-corrected chi connectivity index (χ2v) is 5.88. The summed E-state index contributed by atoms with van der Waals surface area (Å²) in [5.41, 5.74) is 1.34. The highest BCUT2D eigenvalue weighted by atomic mass is 127. The number of aliphatic imine (C=N–C) groups is 1. The zero-order valence-electron chi connectivity index (χ0n) is 15.7. The maximum atomic E-state index is 5.71. The molecule has 0 spiro atoms. The van der Waals surface area contributed by atoms with E-state index in [0.717, 1.165) is 64.4 Å². The van der Waals surface area contributed by atoms with Crippen molar-refractivity contribution in [2.24, 2.45) is 4.99 Å². The number of hydrogen-bond acceptors (Lipinski definition) is 2. The summed E-state index contributed by atoms with van der Waals surface area (Å²) in [5, 5.41) is 3.41. The van der Waals surface area contributed by atoms with Crippen LogP contribution in [0.3, 0.4) is 0 Å². The lowest BCUT2D eigenvalue weighted by molar-refractivity contribution is 0.133. The van der Waals surface area contributed by atoms with Crippen molar-refractivity contribution in [2.45, 2.75) is 32.1 Å². The van der Waals surface area contributed by atoms with Gasteiger partial charge in [-0.05, 0) is 37.7 Å². The van der Waals surface area contributed by atoms with Crippen molar-refractivity contribution < 1.29 is 4.74 Å². The molecule has 0 fully saturated rings. The predicted molar refractivity (Wildman–Crippen MR) is 119 cm³/mol. The molecular weight excluding hydrogens is 425 g/mol. The highest BCUT2D eigenvalue weighted by molar-refractivity contribution is 14.0. The molecule has 0 aliphatic carbocycles. The van der Waals surface area contributed by atoms with Gasteiger partial charge in [-0.15, -0.1) is 30.6 Å². The van der Waals surface area contributed by atoms with Crippen LogP contribution >= 0.6 is 24.0 Å². The fraction of sp³-hybridized carbons (Fsp3) is 0.550. The number of guanidine groups is 1. The monoisotopic (exact) mass is 459 g/mol.